The van der Waals surface area contributed by atoms with Crippen LogP contribution in [0.15, 0.2) is 74.0 Å². The van der Waals surface area contributed by atoms with Gasteiger partial charge in [0.15, 0.2) is 0 Å². The minimum absolute atomic E-state index is 0.202. The van der Waals surface area contributed by atoms with Crippen molar-refractivity contribution >= 4 is 5.70 Å². The lowest BCUT2D eigenvalue weighted by molar-refractivity contribution is 0.260. The number of likely N-dealkylation sites (N-methyl/N-ethyl adjacent to an activating group) is 1. The third kappa shape index (κ3) is 5.97. The molecule has 0 amide bonds. The Kier molecular flexibility index (Phi) is 8.96. The Morgan fingerprint density at radius 1 is 1.09 bits per heavy atom. The highest BCUT2D eigenvalue weighted by Gasteiger charge is 2.35. The van der Waals surface area contributed by atoms with Crippen molar-refractivity contribution in [2.45, 2.75) is 64.6 Å². The molecule has 0 bridgehead atoms. The molecular formula is C30H41N3. The highest BCUT2D eigenvalue weighted by Crippen LogP contribution is 2.43. The van der Waals surface area contributed by atoms with Crippen LogP contribution in [0.4, 0.5) is 0 Å². The van der Waals surface area contributed by atoms with E-state index in [1.54, 1.807) is 0 Å². The molecule has 33 heavy (non-hydrogen) atoms. The number of nitrogens with zero attached hydrogens (tertiary/aromatic N) is 1. The molecule has 0 aromatic heterocycles. The van der Waals surface area contributed by atoms with Gasteiger partial charge in [0.05, 0.1) is 12.1 Å². The summed E-state index contributed by atoms with van der Waals surface area (Å²) in [5.74, 6) is 0. The first-order valence-electron chi connectivity index (χ1n) is 12.4. The van der Waals surface area contributed by atoms with Crippen molar-refractivity contribution in [2.75, 3.05) is 13.6 Å². The van der Waals surface area contributed by atoms with E-state index in [1.807, 2.05) is 13.1 Å². The van der Waals surface area contributed by atoms with E-state index in [9.17, 15) is 0 Å². The Hall–Kier alpha value is -2.78. The van der Waals surface area contributed by atoms with Gasteiger partial charge in [0, 0.05) is 30.5 Å². The molecule has 0 saturated carbocycles. The molecular weight excluding hydrogens is 402 g/mol. The van der Waals surface area contributed by atoms with Crippen molar-refractivity contribution in [3.63, 3.8) is 0 Å². The molecule has 0 fully saturated rings. The molecule has 0 aliphatic carbocycles. The second-order valence-electron chi connectivity index (χ2n) is 9.10. The molecule has 2 atom stereocenters. The lowest BCUT2D eigenvalue weighted by Crippen LogP contribution is -2.37. The molecule has 176 valence electrons. The van der Waals surface area contributed by atoms with Crippen molar-refractivity contribution in [2.24, 2.45) is 0 Å². The highest BCUT2D eigenvalue weighted by molar-refractivity contribution is 5.71. The van der Waals surface area contributed by atoms with Crippen LogP contribution in [0.5, 0.6) is 0 Å². The van der Waals surface area contributed by atoms with Crippen molar-refractivity contribution in [3.8, 4) is 0 Å². The van der Waals surface area contributed by atoms with E-state index in [4.69, 9.17) is 0 Å². The Balaban J connectivity index is 1.61. The maximum Gasteiger partial charge on any atom is 0.0691 e. The minimum Gasteiger partial charge on any atom is -0.390 e. The fourth-order valence-corrected chi connectivity index (χ4v) is 4.86. The van der Waals surface area contributed by atoms with Gasteiger partial charge in [0.25, 0.3) is 0 Å². The second kappa shape index (κ2) is 11.9. The summed E-state index contributed by atoms with van der Waals surface area (Å²) in [6, 6.07) is 16.4. The number of hydrogen-bond acceptors (Lipinski definition) is 3. The number of allylic oxidation sites excluding steroid dienone is 1. The first-order chi connectivity index (χ1) is 16.0. The molecule has 1 aliphatic rings. The molecule has 2 N–H and O–H groups in total. The van der Waals surface area contributed by atoms with Gasteiger partial charge >= 0.3 is 0 Å². The predicted molar refractivity (Wildman–Crippen MR) is 143 cm³/mol. The summed E-state index contributed by atoms with van der Waals surface area (Å²) in [6.07, 6.45) is 7.32. The second-order valence-corrected chi connectivity index (χ2v) is 9.10. The van der Waals surface area contributed by atoms with Crippen LogP contribution in [0.25, 0.3) is 5.70 Å². The van der Waals surface area contributed by atoms with Gasteiger partial charge in [-0.05, 0) is 67.5 Å². The summed E-state index contributed by atoms with van der Waals surface area (Å²) in [5.41, 5.74) is 8.87. The predicted octanol–water partition coefficient (Wildman–Crippen LogP) is 6.39. The highest BCUT2D eigenvalue weighted by atomic mass is 15.2. The maximum atomic E-state index is 4.48. The normalized spacial score (nSPS) is 15.9. The van der Waals surface area contributed by atoms with Crippen LogP contribution in [0.3, 0.4) is 0 Å². The first-order valence-corrected chi connectivity index (χ1v) is 12.4. The zero-order chi connectivity index (χ0) is 23.8. The summed E-state index contributed by atoms with van der Waals surface area (Å²) in [7, 11) is 1.95. The van der Waals surface area contributed by atoms with E-state index < -0.39 is 0 Å². The van der Waals surface area contributed by atoms with Gasteiger partial charge in [0.2, 0.25) is 0 Å². The lowest BCUT2D eigenvalue weighted by atomic mass is 10.0. The van der Waals surface area contributed by atoms with Crippen LogP contribution in [0, 0.1) is 0 Å². The average Bonchev–Trinajstić information content (AvgIpc) is 3.07. The van der Waals surface area contributed by atoms with Crippen LogP contribution in [0.2, 0.25) is 0 Å². The maximum absolute atomic E-state index is 4.48. The fourth-order valence-electron chi connectivity index (χ4n) is 4.86. The van der Waals surface area contributed by atoms with Crippen molar-refractivity contribution < 1.29 is 0 Å². The van der Waals surface area contributed by atoms with Crippen LogP contribution < -0.4 is 10.6 Å². The van der Waals surface area contributed by atoms with Crippen LogP contribution in [-0.4, -0.2) is 24.5 Å². The molecule has 3 nitrogen and oxygen atoms in total. The number of fused-ring (bicyclic) bond motifs is 1. The standard InChI is InChI=1S/C30H41N3/c1-7-9-11-30(22(3)31-6)33-23(4)28-17-16-27(20-29(28)24(33)5)21-32-19-18-26-14-12-25(10-8-2)13-15-26/h7,12-17,20,23,30-32H,1,3,5,8-11,18-19,21H2,2,4,6H3. The van der Waals surface area contributed by atoms with E-state index >= 15 is 0 Å². The van der Waals surface area contributed by atoms with Gasteiger partial charge in [-0.15, -0.1) is 6.58 Å². The summed E-state index contributed by atoms with van der Waals surface area (Å²) in [6.45, 7) is 19.0. The largest absolute Gasteiger partial charge is 0.390 e. The smallest absolute Gasteiger partial charge is 0.0691 e. The number of nitrogens with one attached hydrogen (secondary N) is 2. The lowest BCUT2D eigenvalue weighted by Gasteiger charge is -2.35. The Morgan fingerprint density at radius 3 is 2.39 bits per heavy atom. The van der Waals surface area contributed by atoms with Crippen molar-refractivity contribution in [1.82, 2.24) is 15.5 Å². The van der Waals surface area contributed by atoms with E-state index in [0.717, 1.165) is 50.2 Å². The SMILES string of the molecule is C=CCCC(C(=C)NC)N1C(=C)c2cc(CNCCc3ccc(CCC)cc3)ccc2C1C. The number of benzene rings is 2. The fraction of sp³-hybridized carbons (Fsp3) is 0.400. The van der Waals surface area contributed by atoms with E-state index in [0.29, 0.717) is 0 Å². The van der Waals surface area contributed by atoms with Crippen LogP contribution in [-0.2, 0) is 19.4 Å². The van der Waals surface area contributed by atoms with E-state index in [-0.39, 0.29) is 12.1 Å². The molecule has 0 saturated heterocycles. The molecule has 1 heterocycles. The zero-order valence-corrected chi connectivity index (χ0v) is 20.8. The number of rotatable bonds is 13. The zero-order valence-electron chi connectivity index (χ0n) is 20.8. The average molecular weight is 444 g/mol. The Labute approximate surface area is 201 Å². The first kappa shape index (κ1) is 24.9. The topological polar surface area (TPSA) is 27.3 Å². The van der Waals surface area contributed by atoms with Gasteiger partial charge in [-0.1, -0.05) is 69.0 Å². The molecule has 2 unspecified atom stereocenters. The Bertz CT molecular complexity index is 957. The third-order valence-electron chi connectivity index (χ3n) is 6.79. The molecule has 1 aliphatic heterocycles. The van der Waals surface area contributed by atoms with Crippen molar-refractivity contribution in [1.29, 1.82) is 0 Å². The van der Waals surface area contributed by atoms with Gasteiger partial charge in [-0.3, -0.25) is 0 Å². The van der Waals surface area contributed by atoms with Gasteiger partial charge < -0.3 is 15.5 Å². The van der Waals surface area contributed by atoms with Crippen LogP contribution >= 0.6 is 0 Å². The quantitative estimate of drug-likeness (QED) is 0.278. The third-order valence-corrected chi connectivity index (χ3v) is 6.79. The van der Waals surface area contributed by atoms with Crippen molar-refractivity contribution in [3.05, 3.63) is 102 Å². The molecule has 3 rings (SSSR count). The van der Waals surface area contributed by atoms with Gasteiger partial charge in [-0.2, -0.15) is 0 Å². The molecule has 0 spiro atoms. The summed E-state index contributed by atoms with van der Waals surface area (Å²) < 4.78 is 0. The van der Waals surface area contributed by atoms with Crippen LogP contribution in [0.1, 0.15) is 67.0 Å². The van der Waals surface area contributed by atoms with E-state index in [2.05, 4.69) is 91.6 Å². The summed E-state index contributed by atoms with van der Waals surface area (Å²) in [5, 5.41) is 6.88. The monoisotopic (exact) mass is 443 g/mol. The number of aryl methyl sites for hydroxylation is 1. The van der Waals surface area contributed by atoms with Gasteiger partial charge in [0.1, 0.15) is 0 Å². The Morgan fingerprint density at radius 2 is 1.76 bits per heavy atom. The number of hydrogen-bond donors (Lipinski definition) is 2. The van der Waals surface area contributed by atoms with Gasteiger partial charge in [-0.25, -0.2) is 0 Å². The molecule has 3 heteroatoms. The molecule has 2 aromatic carbocycles. The summed E-state index contributed by atoms with van der Waals surface area (Å²) >= 11 is 0. The summed E-state index contributed by atoms with van der Waals surface area (Å²) in [4.78, 5) is 2.42. The minimum atomic E-state index is 0.202. The molecule has 0 radical (unpaired) electrons. The van der Waals surface area contributed by atoms with E-state index in [1.165, 1.54) is 34.2 Å². The molecule has 2 aromatic rings.